The Bertz CT molecular complexity index is 555. The Morgan fingerprint density at radius 2 is 1.76 bits per heavy atom. The van der Waals surface area contributed by atoms with Gasteiger partial charge in [-0.15, -0.1) is 0 Å². The molecule has 2 aromatic rings. The van der Waals surface area contributed by atoms with Gasteiger partial charge in [-0.1, -0.05) is 30.3 Å². The highest BCUT2D eigenvalue weighted by Gasteiger charge is 2.02. The van der Waals surface area contributed by atoms with Crippen LogP contribution in [0.25, 0.3) is 0 Å². The SMILES string of the molecule is Cc1[nH]c(CCc2ccccc2)cc(=O)c1C. The topological polar surface area (TPSA) is 32.9 Å². The molecule has 0 aliphatic heterocycles. The third kappa shape index (κ3) is 2.84. The maximum Gasteiger partial charge on any atom is 0.184 e. The average molecular weight is 227 g/mol. The smallest absolute Gasteiger partial charge is 0.184 e. The minimum atomic E-state index is 0.129. The molecule has 88 valence electrons. The molecule has 0 unspecified atom stereocenters. The molecule has 0 fully saturated rings. The van der Waals surface area contributed by atoms with Crippen molar-refractivity contribution in [2.75, 3.05) is 0 Å². The van der Waals surface area contributed by atoms with E-state index < -0.39 is 0 Å². The van der Waals surface area contributed by atoms with Gasteiger partial charge in [-0.05, 0) is 32.3 Å². The summed E-state index contributed by atoms with van der Waals surface area (Å²) in [7, 11) is 0. The first kappa shape index (κ1) is 11.6. The van der Waals surface area contributed by atoms with Gasteiger partial charge < -0.3 is 4.98 Å². The van der Waals surface area contributed by atoms with Gasteiger partial charge in [0.05, 0.1) is 0 Å². The summed E-state index contributed by atoms with van der Waals surface area (Å²) in [5.74, 6) is 0. The molecular weight excluding hydrogens is 210 g/mol. The number of aromatic amines is 1. The number of aryl methyl sites for hydroxylation is 3. The van der Waals surface area contributed by atoms with Crippen LogP contribution < -0.4 is 5.43 Å². The highest BCUT2D eigenvalue weighted by molar-refractivity contribution is 5.22. The molecule has 1 aromatic carbocycles. The number of H-pyrrole nitrogens is 1. The van der Waals surface area contributed by atoms with Crippen molar-refractivity contribution in [2.45, 2.75) is 26.7 Å². The van der Waals surface area contributed by atoms with Gasteiger partial charge in [-0.25, -0.2) is 0 Å². The predicted octanol–water partition coefficient (Wildman–Crippen LogP) is 2.78. The lowest BCUT2D eigenvalue weighted by Crippen LogP contribution is -2.10. The second-order valence-corrected chi connectivity index (χ2v) is 4.39. The van der Waals surface area contributed by atoms with Crippen molar-refractivity contribution in [2.24, 2.45) is 0 Å². The van der Waals surface area contributed by atoms with Gasteiger partial charge >= 0.3 is 0 Å². The molecule has 1 aromatic heterocycles. The first-order valence-corrected chi connectivity index (χ1v) is 5.90. The Hall–Kier alpha value is -1.83. The van der Waals surface area contributed by atoms with Crippen molar-refractivity contribution in [3.05, 3.63) is 69.1 Å². The van der Waals surface area contributed by atoms with Crippen LogP contribution in [0, 0.1) is 13.8 Å². The van der Waals surface area contributed by atoms with Crippen LogP contribution >= 0.6 is 0 Å². The molecule has 0 aliphatic rings. The van der Waals surface area contributed by atoms with Gasteiger partial charge in [0.25, 0.3) is 0 Å². The molecule has 2 nitrogen and oxygen atoms in total. The van der Waals surface area contributed by atoms with E-state index in [2.05, 4.69) is 17.1 Å². The third-order valence-electron chi connectivity index (χ3n) is 3.11. The lowest BCUT2D eigenvalue weighted by molar-refractivity contribution is 0.894. The molecule has 0 spiro atoms. The third-order valence-corrected chi connectivity index (χ3v) is 3.11. The Morgan fingerprint density at radius 3 is 2.41 bits per heavy atom. The van der Waals surface area contributed by atoms with Crippen LogP contribution in [0.15, 0.2) is 41.2 Å². The van der Waals surface area contributed by atoms with E-state index in [0.29, 0.717) is 0 Å². The van der Waals surface area contributed by atoms with Crippen molar-refractivity contribution in [3.63, 3.8) is 0 Å². The predicted molar refractivity (Wildman–Crippen MR) is 70.4 cm³/mol. The number of pyridine rings is 1. The molecule has 2 rings (SSSR count). The molecule has 0 amide bonds. The van der Waals surface area contributed by atoms with E-state index in [4.69, 9.17) is 0 Å². The summed E-state index contributed by atoms with van der Waals surface area (Å²) in [5.41, 5.74) is 4.23. The van der Waals surface area contributed by atoms with Gasteiger partial charge in [0.1, 0.15) is 0 Å². The standard InChI is InChI=1S/C15H17NO/c1-11-12(2)16-14(10-15(11)17)9-8-13-6-4-3-5-7-13/h3-7,10H,8-9H2,1-2H3,(H,16,17). The molecule has 0 saturated carbocycles. The molecule has 0 saturated heterocycles. The summed E-state index contributed by atoms with van der Waals surface area (Å²) in [4.78, 5) is 14.9. The number of rotatable bonds is 3. The van der Waals surface area contributed by atoms with Crippen LogP contribution in [0.3, 0.4) is 0 Å². The highest BCUT2D eigenvalue weighted by Crippen LogP contribution is 2.06. The van der Waals surface area contributed by atoms with E-state index in [0.717, 1.165) is 29.8 Å². The van der Waals surface area contributed by atoms with Crippen LogP contribution in [0.5, 0.6) is 0 Å². The van der Waals surface area contributed by atoms with Gasteiger partial charge in [0.2, 0.25) is 0 Å². The van der Waals surface area contributed by atoms with E-state index in [1.165, 1.54) is 5.56 Å². The maximum atomic E-state index is 11.7. The number of hydrogen-bond acceptors (Lipinski definition) is 1. The molecule has 2 heteroatoms. The molecule has 1 heterocycles. The fraction of sp³-hybridized carbons (Fsp3) is 0.267. The number of nitrogens with one attached hydrogen (secondary N) is 1. The quantitative estimate of drug-likeness (QED) is 0.859. The van der Waals surface area contributed by atoms with E-state index in [-0.39, 0.29) is 5.43 Å². The fourth-order valence-electron chi connectivity index (χ4n) is 1.88. The van der Waals surface area contributed by atoms with Crippen LogP contribution in [0.1, 0.15) is 22.5 Å². The molecule has 1 N–H and O–H groups in total. The van der Waals surface area contributed by atoms with Crippen LogP contribution in [0.4, 0.5) is 0 Å². The summed E-state index contributed by atoms with van der Waals surface area (Å²) in [5, 5.41) is 0. The summed E-state index contributed by atoms with van der Waals surface area (Å²) in [6.07, 6.45) is 1.83. The van der Waals surface area contributed by atoms with Crippen molar-refractivity contribution >= 4 is 0 Å². The highest BCUT2D eigenvalue weighted by atomic mass is 16.1. The number of aromatic nitrogens is 1. The Labute approximate surface area is 101 Å². The maximum absolute atomic E-state index is 11.7. The number of hydrogen-bond donors (Lipinski definition) is 1. The molecule has 0 atom stereocenters. The average Bonchev–Trinajstić information content (AvgIpc) is 2.34. The van der Waals surface area contributed by atoms with Crippen molar-refractivity contribution in [1.82, 2.24) is 4.98 Å². The monoisotopic (exact) mass is 227 g/mol. The molecule has 17 heavy (non-hydrogen) atoms. The minimum absolute atomic E-state index is 0.129. The zero-order chi connectivity index (χ0) is 12.3. The summed E-state index contributed by atoms with van der Waals surface area (Å²) in [6, 6.07) is 12.0. The molecule has 0 radical (unpaired) electrons. The zero-order valence-electron chi connectivity index (χ0n) is 10.3. The van der Waals surface area contributed by atoms with Crippen LogP contribution in [-0.4, -0.2) is 4.98 Å². The van der Waals surface area contributed by atoms with Gasteiger partial charge in [-0.2, -0.15) is 0 Å². The van der Waals surface area contributed by atoms with Gasteiger partial charge in [0.15, 0.2) is 5.43 Å². The van der Waals surface area contributed by atoms with Gasteiger partial charge in [-0.3, -0.25) is 4.79 Å². The molecular formula is C15H17NO. The first-order chi connectivity index (χ1) is 8.16. The fourth-order valence-corrected chi connectivity index (χ4v) is 1.88. The summed E-state index contributed by atoms with van der Waals surface area (Å²) in [6.45, 7) is 3.80. The van der Waals surface area contributed by atoms with E-state index in [9.17, 15) is 4.79 Å². The summed E-state index contributed by atoms with van der Waals surface area (Å²) < 4.78 is 0. The van der Waals surface area contributed by atoms with Crippen molar-refractivity contribution in [1.29, 1.82) is 0 Å². The second-order valence-electron chi connectivity index (χ2n) is 4.39. The Balaban J connectivity index is 2.13. The Morgan fingerprint density at radius 1 is 1.06 bits per heavy atom. The lowest BCUT2D eigenvalue weighted by atomic mass is 10.1. The van der Waals surface area contributed by atoms with E-state index in [1.807, 2.05) is 32.0 Å². The van der Waals surface area contributed by atoms with Crippen molar-refractivity contribution < 1.29 is 0 Å². The van der Waals surface area contributed by atoms with Crippen LogP contribution in [-0.2, 0) is 12.8 Å². The Kier molecular flexibility index (Phi) is 3.43. The van der Waals surface area contributed by atoms with Crippen LogP contribution in [0.2, 0.25) is 0 Å². The van der Waals surface area contributed by atoms with Crippen molar-refractivity contribution in [3.8, 4) is 0 Å². The lowest BCUT2D eigenvalue weighted by Gasteiger charge is -2.05. The normalized spacial score (nSPS) is 10.5. The molecule has 0 aliphatic carbocycles. The van der Waals surface area contributed by atoms with E-state index >= 15 is 0 Å². The molecule has 0 bridgehead atoms. The van der Waals surface area contributed by atoms with Gasteiger partial charge in [0, 0.05) is 23.0 Å². The van der Waals surface area contributed by atoms with E-state index in [1.54, 1.807) is 6.07 Å². The zero-order valence-corrected chi connectivity index (χ0v) is 10.3. The first-order valence-electron chi connectivity index (χ1n) is 5.90. The largest absolute Gasteiger partial charge is 0.362 e. The second kappa shape index (κ2) is 5.00. The summed E-state index contributed by atoms with van der Waals surface area (Å²) >= 11 is 0. The minimum Gasteiger partial charge on any atom is -0.362 e. The number of benzene rings is 1.